The van der Waals surface area contributed by atoms with Gasteiger partial charge in [0.25, 0.3) is 0 Å². The van der Waals surface area contributed by atoms with Crippen LogP contribution in [0.5, 0.6) is 0 Å². The number of ether oxygens (including phenoxy) is 1. The van der Waals surface area contributed by atoms with Crippen LogP contribution in [0.1, 0.15) is 22.8 Å². The zero-order chi connectivity index (χ0) is 14.0. The SMILES string of the molecule is C[N+]1([O-])CCOC(c2ccccc2)c2ccccc2C1. The first-order valence-corrected chi connectivity index (χ1v) is 6.96. The Morgan fingerprint density at radius 3 is 2.55 bits per heavy atom. The highest BCUT2D eigenvalue weighted by Gasteiger charge is 2.24. The summed E-state index contributed by atoms with van der Waals surface area (Å²) >= 11 is 0. The second-order valence-electron chi connectivity index (χ2n) is 5.54. The van der Waals surface area contributed by atoms with E-state index in [2.05, 4.69) is 18.2 Å². The second kappa shape index (κ2) is 5.37. The van der Waals surface area contributed by atoms with Gasteiger partial charge in [0.1, 0.15) is 19.2 Å². The maximum Gasteiger partial charge on any atom is 0.108 e. The number of nitrogens with zero attached hydrogens (tertiary/aromatic N) is 1. The third-order valence-corrected chi connectivity index (χ3v) is 3.79. The van der Waals surface area contributed by atoms with Crippen molar-refractivity contribution in [2.45, 2.75) is 12.6 Å². The van der Waals surface area contributed by atoms with Crippen molar-refractivity contribution in [2.75, 3.05) is 20.2 Å². The molecule has 0 spiro atoms. The first kappa shape index (κ1) is 13.3. The van der Waals surface area contributed by atoms with Gasteiger partial charge in [0, 0.05) is 5.56 Å². The predicted octanol–water partition coefficient (Wildman–Crippen LogP) is 3.25. The Hall–Kier alpha value is -1.68. The standard InChI is InChI=1S/C17H19NO2/c1-18(19)11-12-20-17(14-7-3-2-4-8-14)16-10-6-5-9-15(16)13-18/h2-10,17H,11-13H2,1H3. The highest BCUT2D eigenvalue weighted by molar-refractivity contribution is 5.36. The lowest BCUT2D eigenvalue weighted by molar-refractivity contribution is -0.875. The predicted molar refractivity (Wildman–Crippen MR) is 78.8 cm³/mol. The summed E-state index contributed by atoms with van der Waals surface area (Å²) in [6.07, 6.45) is -0.0762. The molecule has 1 heterocycles. The number of hydroxylamine groups is 3. The van der Waals surface area contributed by atoms with Crippen LogP contribution in [0.3, 0.4) is 0 Å². The Balaban J connectivity index is 2.05. The lowest BCUT2D eigenvalue weighted by Gasteiger charge is -2.41. The minimum absolute atomic E-state index is 0.0762. The van der Waals surface area contributed by atoms with E-state index in [0.29, 0.717) is 19.7 Å². The first-order valence-electron chi connectivity index (χ1n) is 6.96. The molecule has 1 aliphatic rings. The van der Waals surface area contributed by atoms with E-state index in [1.165, 1.54) is 0 Å². The van der Waals surface area contributed by atoms with Crippen LogP contribution in [-0.2, 0) is 11.3 Å². The summed E-state index contributed by atoms with van der Waals surface area (Å²) in [5, 5.41) is 12.4. The molecule has 2 aromatic carbocycles. The van der Waals surface area contributed by atoms with Gasteiger partial charge in [0.15, 0.2) is 0 Å². The average molecular weight is 269 g/mol. The summed E-state index contributed by atoms with van der Waals surface area (Å²) in [5.41, 5.74) is 3.33. The topological polar surface area (TPSA) is 32.3 Å². The summed E-state index contributed by atoms with van der Waals surface area (Å²) in [7, 11) is 1.71. The Morgan fingerprint density at radius 1 is 1.05 bits per heavy atom. The molecule has 0 fully saturated rings. The van der Waals surface area contributed by atoms with Crippen LogP contribution in [0.2, 0.25) is 0 Å². The van der Waals surface area contributed by atoms with Crippen LogP contribution in [0.25, 0.3) is 0 Å². The highest BCUT2D eigenvalue weighted by Crippen LogP contribution is 2.31. The second-order valence-corrected chi connectivity index (χ2v) is 5.54. The summed E-state index contributed by atoms with van der Waals surface area (Å²) in [6, 6.07) is 18.3. The lowest BCUT2D eigenvalue weighted by atomic mass is 9.95. The van der Waals surface area contributed by atoms with Gasteiger partial charge in [0.05, 0.1) is 13.7 Å². The zero-order valence-electron chi connectivity index (χ0n) is 11.7. The van der Waals surface area contributed by atoms with Gasteiger partial charge >= 0.3 is 0 Å². The molecule has 0 bridgehead atoms. The Morgan fingerprint density at radius 2 is 1.75 bits per heavy atom. The van der Waals surface area contributed by atoms with Crippen LogP contribution in [0, 0.1) is 5.21 Å². The Kier molecular flexibility index (Phi) is 3.57. The number of quaternary nitrogens is 1. The lowest BCUT2D eigenvalue weighted by Crippen LogP contribution is -2.41. The molecule has 1 aliphatic heterocycles. The summed E-state index contributed by atoms with van der Waals surface area (Å²) in [6.45, 7) is 1.47. The smallest absolute Gasteiger partial charge is 0.108 e. The minimum Gasteiger partial charge on any atom is -0.633 e. The van der Waals surface area contributed by atoms with Crippen molar-refractivity contribution in [3.05, 3.63) is 76.5 Å². The van der Waals surface area contributed by atoms with Crippen LogP contribution in [0.15, 0.2) is 54.6 Å². The molecule has 2 aromatic rings. The fraction of sp³-hybridized carbons (Fsp3) is 0.294. The molecule has 2 atom stereocenters. The van der Waals surface area contributed by atoms with Crippen LogP contribution < -0.4 is 0 Å². The van der Waals surface area contributed by atoms with Crippen molar-refractivity contribution in [3.8, 4) is 0 Å². The average Bonchev–Trinajstić information content (AvgIpc) is 2.43. The van der Waals surface area contributed by atoms with Gasteiger partial charge < -0.3 is 14.6 Å². The molecular formula is C17H19NO2. The summed E-state index contributed by atoms with van der Waals surface area (Å²) < 4.78 is 5.74. The van der Waals surface area contributed by atoms with Gasteiger partial charge in [-0.15, -0.1) is 0 Å². The number of fused-ring (bicyclic) bond motifs is 1. The van der Waals surface area contributed by atoms with Crippen molar-refractivity contribution < 1.29 is 9.38 Å². The molecular weight excluding hydrogens is 250 g/mol. The number of hydrogen-bond donors (Lipinski definition) is 0. The maximum absolute atomic E-state index is 12.4. The quantitative estimate of drug-likeness (QED) is 0.588. The van der Waals surface area contributed by atoms with Crippen LogP contribution in [0.4, 0.5) is 0 Å². The molecule has 0 radical (unpaired) electrons. The van der Waals surface area contributed by atoms with E-state index in [-0.39, 0.29) is 10.8 Å². The van der Waals surface area contributed by atoms with Gasteiger partial charge in [-0.3, -0.25) is 0 Å². The van der Waals surface area contributed by atoms with Gasteiger partial charge in [0.2, 0.25) is 0 Å². The molecule has 3 heteroatoms. The van der Waals surface area contributed by atoms with E-state index < -0.39 is 0 Å². The van der Waals surface area contributed by atoms with E-state index in [1.807, 2.05) is 36.4 Å². The number of benzene rings is 2. The molecule has 104 valence electrons. The molecule has 0 aromatic heterocycles. The van der Waals surface area contributed by atoms with Gasteiger partial charge in [-0.25, -0.2) is 0 Å². The number of likely N-dealkylation sites (N-methyl/N-ethyl adjacent to an activating group) is 1. The molecule has 0 aliphatic carbocycles. The normalized spacial score (nSPS) is 26.4. The van der Waals surface area contributed by atoms with Crippen molar-refractivity contribution in [2.24, 2.45) is 0 Å². The van der Waals surface area contributed by atoms with E-state index in [0.717, 1.165) is 16.7 Å². The molecule has 0 N–H and O–H groups in total. The van der Waals surface area contributed by atoms with Gasteiger partial charge in [-0.2, -0.15) is 0 Å². The monoisotopic (exact) mass is 269 g/mol. The molecule has 0 amide bonds. The fourth-order valence-electron chi connectivity index (χ4n) is 2.73. The van der Waals surface area contributed by atoms with Crippen molar-refractivity contribution in [1.82, 2.24) is 0 Å². The van der Waals surface area contributed by atoms with Crippen LogP contribution >= 0.6 is 0 Å². The molecule has 3 nitrogen and oxygen atoms in total. The molecule has 20 heavy (non-hydrogen) atoms. The molecule has 0 saturated carbocycles. The van der Waals surface area contributed by atoms with Crippen molar-refractivity contribution in [3.63, 3.8) is 0 Å². The first-order chi connectivity index (χ1) is 9.66. The summed E-state index contributed by atoms with van der Waals surface area (Å²) in [5.74, 6) is 0. The number of rotatable bonds is 1. The molecule has 3 rings (SSSR count). The Bertz CT molecular complexity index is 581. The minimum atomic E-state index is -0.279. The highest BCUT2D eigenvalue weighted by atomic mass is 16.6. The van der Waals surface area contributed by atoms with Gasteiger partial charge in [-0.1, -0.05) is 54.6 Å². The third kappa shape index (κ3) is 2.75. The van der Waals surface area contributed by atoms with E-state index in [4.69, 9.17) is 4.74 Å². The third-order valence-electron chi connectivity index (χ3n) is 3.79. The van der Waals surface area contributed by atoms with E-state index in [9.17, 15) is 5.21 Å². The fourth-order valence-corrected chi connectivity index (χ4v) is 2.73. The van der Waals surface area contributed by atoms with E-state index in [1.54, 1.807) is 7.05 Å². The Labute approximate surface area is 119 Å². The van der Waals surface area contributed by atoms with Gasteiger partial charge in [-0.05, 0) is 11.1 Å². The maximum atomic E-state index is 12.4. The largest absolute Gasteiger partial charge is 0.633 e. The van der Waals surface area contributed by atoms with E-state index >= 15 is 0 Å². The molecule has 0 saturated heterocycles. The van der Waals surface area contributed by atoms with Crippen molar-refractivity contribution >= 4 is 0 Å². The number of hydrogen-bond acceptors (Lipinski definition) is 2. The van der Waals surface area contributed by atoms with Crippen LogP contribution in [-0.4, -0.2) is 24.8 Å². The molecule has 2 unspecified atom stereocenters. The summed E-state index contributed by atoms with van der Waals surface area (Å²) in [4.78, 5) is 0. The van der Waals surface area contributed by atoms with Crippen molar-refractivity contribution in [1.29, 1.82) is 0 Å². The zero-order valence-corrected chi connectivity index (χ0v) is 11.7.